The average Bonchev–Trinajstić information content (AvgIpc) is 2.82. The summed E-state index contributed by atoms with van der Waals surface area (Å²) < 4.78 is 0. The van der Waals surface area contributed by atoms with Crippen LogP contribution in [0, 0.1) is 17.2 Å². The van der Waals surface area contributed by atoms with Crippen molar-refractivity contribution in [3.63, 3.8) is 0 Å². The number of likely N-dealkylation sites (tertiary alicyclic amines) is 1. The molecule has 102 valence electrons. The van der Waals surface area contributed by atoms with E-state index < -0.39 is 0 Å². The first-order chi connectivity index (χ1) is 9.10. The highest BCUT2D eigenvalue weighted by atomic mass is 15.1. The Labute approximate surface area is 115 Å². The van der Waals surface area contributed by atoms with E-state index >= 15 is 0 Å². The molecule has 0 amide bonds. The summed E-state index contributed by atoms with van der Waals surface area (Å²) in [6.07, 6.45) is 2.47. The Bertz CT molecular complexity index is 478. The molecule has 0 radical (unpaired) electrons. The number of rotatable bonds is 4. The van der Waals surface area contributed by atoms with Crippen molar-refractivity contribution >= 4 is 11.4 Å². The van der Waals surface area contributed by atoms with Crippen LogP contribution in [0.5, 0.6) is 0 Å². The molecule has 1 aromatic rings. The molecular weight excluding hydrogens is 236 g/mol. The molecule has 1 atom stereocenters. The zero-order valence-corrected chi connectivity index (χ0v) is 11.8. The van der Waals surface area contributed by atoms with E-state index in [2.05, 4.69) is 22.9 Å². The van der Waals surface area contributed by atoms with Gasteiger partial charge in [-0.15, -0.1) is 0 Å². The van der Waals surface area contributed by atoms with Crippen LogP contribution in [0.15, 0.2) is 18.2 Å². The largest absolute Gasteiger partial charge is 0.397 e. The predicted octanol–water partition coefficient (Wildman–Crippen LogP) is 1.92. The maximum atomic E-state index is 8.95. The highest BCUT2D eigenvalue weighted by Crippen LogP contribution is 2.25. The number of nitrogens with zero attached hydrogens (tertiary/aromatic N) is 3. The Morgan fingerprint density at radius 2 is 2.32 bits per heavy atom. The average molecular weight is 258 g/mol. The van der Waals surface area contributed by atoms with Crippen LogP contribution in [0.25, 0.3) is 0 Å². The molecule has 1 aliphatic heterocycles. The molecule has 0 aromatic heterocycles. The lowest BCUT2D eigenvalue weighted by molar-refractivity contribution is 0.389. The topological polar surface area (TPSA) is 56.3 Å². The number of benzene rings is 1. The molecule has 4 nitrogen and oxygen atoms in total. The van der Waals surface area contributed by atoms with Gasteiger partial charge in [0, 0.05) is 20.1 Å². The summed E-state index contributed by atoms with van der Waals surface area (Å²) in [7, 11) is 4.23. The molecule has 0 spiro atoms. The summed E-state index contributed by atoms with van der Waals surface area (Å²) in [5.74, 6) is 0.785. The van der Waals surface area contributed by atoms with Crippen LogP contribution in [0.2, 0.25) is 0 Å². The summed E-state index contributed by atoms with van der Waals surface area (Å²) in [6.45, 7) is 3.39. The van der Waals surface area contributed by atoms with Gasteiger partial charge in [0.25, 0.3) is 0 Å². The van der Waals surface area contributed by atoms with Gasteiger partial charge in [-0.3, -0.25) is 0 Å². The lowest BCUT2D eigenvalue weighted by Gasteiger charge is -2.23. The van der Waals surface area contributed by atoms with Crippen molar-refractivity contribution in [2.24, 2.45) is 5.92 Å². The molecule has 2 rings (SSSR count). The first-order valence-electron chi connectivity index (χ1n) is 6.79. The van der Waals surface area contributed by atoms with Gasteiger partial charge in [-0.25, -0.2) is 0 Å². The third-order valence-electron chi connectivity index (χ3n) is 3.93. The number of hydrogen-bond donors (Lipinski definition) is 1. The van der Waals surface area contributed by atoms with Gasteiger partial charge < -0.3 is 15.5 Å². The lowest BCUT2D eigenvalue weighted by atomic mass is 10.0. The summed E-state index contributed by atoms with van der Waals surface area (Å²) in [4.78, 5) is 4.55. The molecule has 4 heteroatoms. The Morgan fingerprint density at radius 1 is 1.53 bits per heavy atom. The van der Waals surface area contributed by atoms with Gasteiger partial charge in [0.15, 0.2) is 0 Å². The van der Waals surface area contributed by atoms with E-state index in [4.69, 9.17) is 11.0 Å². The second kappa shape index (κ2) is 5.94. The molecule has 0 bridgehead atoms. The van der Waals surface area contributed by atoms with E-state index in [1.807, 2.05) is 19.2 Å². The summed E-state index contributed by atoms with van der Waals surface area (Å²) in [6, 6.07) is 7.61. The maximum Gasteiger partial charge on any atom is 0.0992 e. The van der Waals surface area contributed by atoms with Crippen LogP contribution in [-0.4, -0.2) is 38.6 Å². The summed E-state index contributed by atoms with van der Waals surface area (Å²) in [5.41, 5.74) is 8.36. The molecule has 2 N–H and O–H groups in total. The van der Waals surface area contributed by atoms with Crippen LogP contribution >= 0.6 is 0 Å². The molecule has 1 aromatic carbocycles. The van der Waals surface area contributed by atoms with E-state index in [-0.39, 0.29) is 0 Å². The molecule has 19 heavy (non-hydrogen) atoms. The van der Waals surface area contributed by atoms with E-state index in [0.29, 0.717) is 5.56 Å². The number of nitrogen functional groups attached to an aromatic ring is 1. The fourth-order valence-corrected chi connectivity index (χ4v) is 2.70. The summed E-state index contributed by atoms with van der Waals surface area (Å²) >= 11 is 0. The van der Waals surface area contributed by atoms with Crippen LogP contribution in [0.4, 0.5) is 11.4 Å². The quantitative estimate of drug-likeness (QED) is 0.838. The first-order valence-corrected chi connectivity index (χ1v) is 6.79. The second-order valence-corrected chi connectivity index (χ2v) is 5.51. The number of anilines is 2. The minimum absolute atomic E-state index is 0.664. The fraction of sp³-hybridized carbons (Fsp3) is 0.533. The summed E-state index contributed by atoms with van der Waals surface area (Å²) in [5, 5.41) is 8.95. The highest BCUT2D eigenvalue weighted by molar-refractivity contribution is 5.69. The molecule has 1 heterocycles. The van der Waals surface area contributed by atoms with Gasteiger partial charge in [-0.05, 0) is 50.6 Å². The smallest absolute Gasteiger partial charge is 0.0992 e. The Kier molecular flexibility index (Phi) is 4.28. The van der Waals surface area contributed by atoms with Gasteiger partial charge in [0.1, 0.15) is 0 Å². The van der Waals surface area contributed by atoms with Crippen molar-refractivity contribution in [1.82, 2.24) is 4.90 Å². The minimum atomic E-state index is 0.664. The molecule has 1 aliphatic rings. The number of hydrogen-bond acceptors (Lipinski definition) is 4. The van der Waals surface area contributed by atoms with Crippen molar-refractivity contribution in [2.75, 3.05) is 44.4 Å². The third kappa shape index (κ3) is 3.39. The van der Waals surface area contributed by atoms with Gasteiger partial charge in [0.05, 0.1) is 23.0 Å². The van der Waals surface area contributed by atoms with Gasteiger partial charge in [0.2, 0.25) is 0 Å². The van der Waals surface area contributed by atoms with Crippen LogP contribution < -0.4 is 10.6 Å². The molecular formula is C15H22N4. The van der Waals surface area contributed by atoms with Crippen molar-refractivity contribution in [1.29, 1.82) is 5.26 Å². The van der Waals surface area contributed by atoms with Crippen LogP contribution in [0.1, 0.15) is 18.4 Å². The molecule has 1 saturated heterocycles. The van der Waals surface area contributed by atoms with E-state index in [1.54, 1.807) is 6.07 Å². The Balaban J connectivity index is 1.96. The highest BCUT2D eigenvalue weighted by Gasteiger charge is 2.19. The van der Waals surface area contributed by atoms with Gasteiger partial charge >= 0.3 is 0 Å². The fourth-order valence-electron chi connectivity index (χ4n) is 2.70. The zero-order valence-electron chi connectivity index (χ0n) is 11.8. The van der Waals surface area contributed by atoms with Crippen LogP contribution in [0.3, 0.4) is 0 Å². The Hall–Kier alpha value is -1.73. The molecule has 0 aliphatic carbocycles. The number of nitriles is 1. The molecule has 0 saturated carbocycles. The van der Waals surface area contributed by atoms with E-state index in [1.165, 1.54) is 25.9 Å². The standard InChI is InChI=1S/C15H22N4/c1-18-7-5-12(11-18)6-8-19(2)15-9-13(10-16)3-4-14(15)17/h3-4,9,12H,5-8,11,17H2,1-2H3. The third-order valence-corrected chi connectivity index (χ3v) is 3.93. The lowest BCUT2D eigenvalue weighted by Crippen LogP contribution is -2.23. The van der Waals surface area contributed by atoms with Crippen molar-refractivity contribution < 1.29 is 0 Å². The van der Waals surface area contributed by atoms with Gasteiger partial charge in [-0.1, -0.05) is 0 Å². The van der Waals surface area contributed by atoms with Crippen molar-refractivity contribution in [2.45, 2.75) is 12.8 Å². The molecule has 1 fully saturated rings. The van der Waals surface area contributed by atoms with Crippen molar-refractivity contribution in [3.8, 4) is 6.07 Å². The molecule has 1 unspecified atom stereocenters. The normalized spacial score (nSPS) is 19.3. The van der Waals surface area contributed by atoms with E-state index in [9.17, 15) is 0 Å². The van der Waals surface area contributed by atoms with Crippen LogP contribution in [-0.2, 0) is 0 Å². The first kappa shape index (κ1) is 13.7. The number of nitrogens with two attached hydrogens (primary N) is 1. The van der Waals surface area contributed by atoms with Crippen molar-refractivity contribution in [3.05, 3.63) is 23.8 Å². The second-order valence-electron chi connectivity index (χ2n) is 5.51. The maximum absolute atomic E-state index is 8.95. The van der Waals surface area contributed by atoms with Gasteiger partial charge in [-0.2, -0.15) is 5.26 Å². The zero-order chi connectivity index (χ0) is 13.8. The van der Waals surface area contributed by atoms with E-state index in [0.717, 1.165) is 23.8 Å². The monoisotopic (exact) mass is 258 g/mol. The Morgan fingerprint density at radius 3 is 2.95 bits per heavy atom. The minimum Gasteiger partial charge on any atom is -0.397 e. The predicted molar refractivity (Wildman–Crippen MR) is 79.1 cm³/mol. The SMILES string of the molecule is CN1CCC(CCN(C)c2cc(C#N)ccc2N)C1.